The van der Waals surface area contributed by atoms with Crippen molar-refractivity contribution in [2.24, 2.45) is 0 Å². The SMILES string of the molecule is C=C/C(=C\C(=C/C)c1cc2c(-c3cc4c(-c5cc(C)cc(F)c5)nccc4[nH]3)n[nH]c2cn1)NC(=C)CN(C)C. The highest BCUT2D eigenvalue weighted by Gasteiger charge is 2.16. The van der Waals surface area contributed by atoms with Crippen molar-refractivity contribution in [3.8, 4) is 22.6 Å². The summed E-state index contributed by atoms with van der Waals surface area (Å²) in [6.45, 7) is 12.6. The van der Waals surface area contributed by atoms with Gasteiger partial charge in [0.2, 0.25) is 0 Å². The zero-order valence-corrected chi connectivity index (χ0v) is 23.1. The fraction of sp³-hybridized carbons (Fsp3) is 0.156. The standard InChI is InChI=1S/C32H32FN7/c1-7-21(14-24(8-2)36-20(4)18-40(5)6)28-15-26-30(17-35-28)38-39-32(26)29-16-25-27(37-29)9-10-34-31(25)22-11-19(3)12-23(33)13-22/h7-17,36-37H,2,4,18H2,1,3,5-6H3,(H,38,39)/b21-7+,24-14+. The van der Waals surface area contributed by atoms with Crippen LogP contribution in [0.25, 0.3) is 50.0 Å². The molecule has 5 rings (SSSR count). The summed E-state index contributed by atoms with van der Waals surface area (Å²) >= 11 is 0. The Balaban J connectivity index is 1.54. The maximum atomic E-state index is 14.2. The van der Waals surface area contributed by atoms with Crippen LogP contribution in [0, 0.1) is 12.7 Å². The van der Waals surface area contributed by atoms with Crippen molar-refractivity contribution in [2.45, 2.75) is 13.8 Å². The lowest BCUT2D eigenvalue weighted by molar-refractivity contribution is 0.438. The molecule has 0 bridgehead atoms. The van der Waals surface area contributed by atoms with Crippen molar-refractivity contribution >= 4 is 27.4 Å². The van der Waals surface area contributed by atoms with Crippen molar-refractivity contribution in [1.29, 1.82) is 0 Å². The molecule has 4 heterocycles. The molecule has 0 saturated carbocycles. The van der Waals surface area contributed by atoms with E-state index in [0.29, 0.717) is 12.2 Å². The number of aryl methyl sites for hydroxylation is 1. The number of pyridine rings is 2. The Kier molecular flexibility index (Phi) is 7.44. The van der Waals surface area contributed by atoms with E-state index in [1.807, 2.05) is 69.3 Å². The van der Waals surface area contributed by atoms with E-state index in [4.69, 9.17) is 0 Å². The number of halogens is 1. The van der Waals surface area contributed by atoms with Crippen LogP contribution in [-0.2, 0) is 0 Å². The van der Waals surface area contributed by atoms with Gasteiger partial charge in [-0.15, -0.1) is 0 Å². The molecule has 0 radical (unpaired) electrons. The lowest BCUT2D eigenvalue weighted by atomic mass is 10.0. The molecule has 1 aromatic carbocycles. The molecule has 0 spiro atoms. The van der Waals surface area contributed by atoms with E-state index in [1.165, 1.54) is 12.1 Å². The van der Waals surface area contributed by atoms with Crippen LogP contribution < -0.4 is 5.32 Å². The third kappa shape index (κ3) is 5.48. The van der Waals surface area contributed by atoms with Crippen LogP contribution in [-0.4, -0.2) is 50.7 Å². The number of hydrogen-bond acceptors (Lipinski definition) is 5. The number of rotatable bonds is 9. The van der Waals surface area contributed by atoms with E-state index in [-0.39, 0.29) is 5.82 Å². The van der Waals surface area contributed by atoms with Gasteiger partial charge in [-0.25, -0.2) is 4.39 Å². The summed E-state index contributed by atoms with van der Waals surface area (Å²) < 4.78 is 14.2. The molecule has 0 amide bonds. The van der Waals surface area contributed by atoms with Crippen LogP contribution >= 0.6 is 0 Å². The van der Waals surface area contributed by atoms with Gasteiger partial charge < -0.3 is 15.2 Å². The van der Waals surface area contributed by atoms with E-state index in [9.17, 15) is 4.39 Å². The first-order valence-corrected chi connectivity index (χ1v) is 13.0. The topological polar surface area (TPSA) is 85.5 Å². The maximum absolute atomic E-state index is 14.2. The van der Waals surface area contributed by atoms with Gasteiger partial charge in [0.15, 0.2) is 0 Å². The van der Waals surface area contributed by atoms with Gasteiger partial charge in [0, 0.05) is 46.0 Å². The smallest absolute Gasteiger partial charge is 0.124 e. The Morgan fingerprint density at radius 3 is 2.60 bits per heavy atom. The first-order valence-electron chi connectivity index (χ1n) is 13.0. The molecule has 4 aromatic heterocycles. The second kappa shape index (κ2) is 11.1. The Bertz CT molecular complexity index is 1780. The van der Waals surface area contributed by atoms with Gasteiger partial charge in [-0.2, -0.15) is 5.10 Å². The number of aromatic amines is 2. The maximum Gasteiger partial charge on any atom is 0.124 e. The summed E-state index contributed by atoms with van der Waals surface area (Å²) in [6, 6.07) is 10.9. The summed E-state index contributed by atoms with van der Waals surface area (Å²) in [5.74, 6) is -0.284. The highest BCUT2D eigenvalue weighted by atomic mass is 19.1. The Morgan fingerprint density at radius 2 is 1.88 bits per heavy atom. The summed E-state index contributed by atoms with van der Waals surface area (Å²) in [4.78, 5) is 14.8. The molecule has 0 aliphatic carbocycles. The Labute approximate surface area is 232 Å². The highest BCUT2D eigenvalue weighted by Crippen LogP contribution is 2.34. The van der Waals surface area contributed by atoms with E-state index < -0.39 is 0 Å². The molecule has 0 fully saturated rings. The Morgan fingerprint density at radius 1 is 1.07 bits per heavy atom. The van der Waals surface area contributed by atoms with Gasteiger partial charge in [-0.3, -0.25) is 15.1 Å². The molecule has 40 heavy (non-hydrogen) atoms. The summed E-state index contributed by atoms with van der Waals surface area (Å²) in [6.07, 6.45) is 9.29. The van der Waals surface area contributed by atoms with Crippen LogP contribution in [0.2, 0.25) is 0 Å². The number of allylic oxidation sites excluding steroid dienone is 4. The van der Waals surface area contributed by atoms with Gasteiger partial charge in [-0.1, -0.05) is 19.2 Å². The Hall–Kier alpha value is -4.82. The molecule has 7 nitrogen and oxygen atoms in total. The van der Waals surface area contributed by atoms with Crippen LogP contribution in [0.1, 0.15) is 18.2 Å². The van der Waals surface area contributed by atoms with E-state index in [1.54, 1.807) is 18.5 Å². The molecule has 0 saturated heterocycles. The predicted molar refractivity (Wildman–Crippen MR) is 162 cm³/mol. The molecule has 0 aliphatic heterocycles. The first kappa shape index (κ1) is 26.8. The molecule has 5 aromatic rings. The number of aromatic nitrogens is 5. The lowest BCUT2D eigenvalue weighted by Crippen LogP contribution is -2.23. The quantitative estimate of drug-likeness (QED) is 0.182. The van der Waals surface area contributed by atoms with Crippen LogP contribution in [0.3, 0.4) is 0 Å². The van der Waals surface area contributed by atoms with E-state index in [0.717, 1.165) is 67.0 Å². The van der Waals surface area contributed by atoms with Crippen molar-refractivity contribution in [3.63, 3.8) is 0 Å². The van der Waals surface area contributed by atoms with Crippen LogP contribution in [0.5, 0.6) is 0 Å². The molecule has 202 valence electrons. The van der Waals surface area contributed by atoms with Crippen molar-refractivity contribution in [2.75, 3.05) is 20.6 Å². The number of fused-ring (bicyclic) bond motifs is 2. The number of H-pyrrole nitrogens is 2. The summed E-state index contributed by atoms with van der Waals surface area (Å²) in [7, 11) is 3.99. The molecular weight excluding hydrogens is 501 g/mol. The zero-order valence-electron chi connectivity index (χ0n) is 23.1. The van der Waals surface area contributed by atoms with Gasteiger partial charge in [0.25, 0.3) is 0 Å². The van der Waals surface area contributed by atoms with Gasteiger partial charge in [0.1, 0.15) is 11.5 Å². The molecular formula is C32H32FN7. The highest BCUT2D eigenvalue weighted by molar-refractivity contribution is 6.00. The second-order valence-corrected chi connectivity index (χ2v) is 10.0. The molecule has 0 unspecified atom stereocenters. The van der Waals surface area contributed by atoms with E-state index >= 15 is 0 Å². The third-order valence-corrected chi connectivity index (χ3v) is 6.53. The molecule has 8 heteroatoms. The van der Waals surface area contributed by atoms with E-state index in [2.05, 4.69) is 43.6 Å². The number of nitrogens with one attached hydrogen (secondary N) is 3. The minimum absolute atomic E-state index is 0.284. The zero-order chi connectivity index (χ0) is 28.4. The van der Waals surface area contributed by atoms with Crippen molar-refractivity contribution in [3.05, 3.63) is 109 Å². The van der Waals surface area contributed by atoms with Gasteiger partial charge >= 0.3 is 0 Å². The van der Waals surface area contributed by atoms with Crippen molar-refractivity contribution < 1.29 is 4.39 Å². The second-order valence-electron chi connectivity index (χ2n) is 10.0. The minimum Gasteiger partial charge on any atom is -0.358 e. The molecule has 0 aliphatic rings. The number of benzene rings is 1. The lowest BCUT2D eigenvalue weighted by Gasteiger charge is -2.15. The minimum atomic E-state index is -0.284. The van der Waals surface area contributed by atoms with Gasteiger partial charge in [-0.05, 0) is 87.6 Å². The summed E-state index contributed by atoms with van der Waals surface area (Å²) in [5, 5.41) is 12.8. The third-order valence-electron chi connectivity index (χ3n) is 6.53. The summed E-state index contributed by atoms with van der Waals surface area (Å²) in [5.41, 5.74) is 9.01. The van der Waals surface area contributed by atoms with Crippen LogP contribution in [0.15, 0.2) is 91.6 Å². The monoisotopic (exact) mass is 533 g/mol. The average molecular weight is 534 g/mol. The van der Waals surface area contributed by atoms with Crippen molar-refractivity contribution in [1.82, 2.24) is 35.4 Å². The average Bonchev–Trinajstić information content (AvgIpc) is 3.53. The van der Waals surface area contributed by atoms with Gasteiger partial charge in [0.05, 0.1) is 28.8 Å². The normalized spacial score (nSPS) is 12.4. The number of hydrogen-bond donors (Lipinski definition) is 3. The number of nitrogens with zero attached hydrogens (tertiary/aromatic N) is 4. The predicted octanol–water partition coefficient (Wildman–Crippen LogP) is 6.75. The van der Waals surface area contributed by atoms with Crippen LogP contribution in [0.4, 0.5) is 4.39 Å². The fourth-order valence-corrected chi connectivity index (χ4v) is 4.81. The number of likely N-dealkylation sites (N-methyl/N-ethyl adjacent to an activating group) is 1. The first-order chi connectivity index (χ1) is 19.2. The largest absolute Gasteiger partial charge is 0.358 e. The molecule has 0 atom stereocenters. The molecule has 3 N–H and O–H groups in total. The fourth-order valence-electron chi connectivity index (χ4n) is 4.81.